The average Bonchev–Trinajstić information content (AvgIpc) is 3.26. The zero-order chi connectivity index (χ0) is 16.9. The Kier molecular flexibility index (Phi) is 5.42. The molecular weight excluding hydrogens is 324 g/mol. The molecule has 0 bridgehead atoms. The number of rotatable bonds is 6. The van der Waals surface area contributed by atoms with Crippen molar-refractivity contribution in [3.8, 4) is 5.75 Å². The number of amides is 1. The molecule has 0 aliphatic carbocycles. The molecule has 1 atom stereocenters. The van der Waals surface area contributed by atoms with Gasteiger partial charge in [0.05, 0.1) is 18.8 Å². The third-order valence-corrected chi connectivity index (χ3v) is 5.15. The fraction of sp³-hybridized carbons (Fsp3) is 0.471. The summed E-state index contributed by atoms with van der Waals surface area (Å²) in [4.78, 5) is 15.6. The first-order valence-electron chi connectivity index (χ1n) is 8.13. The van der Waals surface area contributed by atoms with Crippen molar-refractivity contribution in [2.24, 2.45) is 0 Å². The van der Waals surface area contributed by atoms with Crippen LogP contribution in [0.5, 0.6) is 5.75 Å². The summed E-state index contributed by atoms with van der Waals surface area (Å²) in [5, 5.41) is 7.07. The van der Waals surface area contributed by atoms with Crippen molar-refractivity contribution in [1.82, 2.24) is 19.8 Å². The highest BCUT2D eigenvalue weighted by atomic mass is 32.1. The van der Waals surface area contributed by atoms with E-state index in [1.165, 1.54) is 12.8 Å². The number of ether oxygens (including phenoxy) is 1. The van der Waals surface area contributed by atoms with E-state index in [2.05, 4.69) is 19.8 Å². The van der Waals surface area contributed by atoms with E-state index in [0.717, 1.165) is 42.5 Å². The Morgan fingerprint density at radius 2 is 2.04 bits per heavy atom. The van der Waals surface area contributed by atoms with Gasteiger partial charge < -0.3 is 15.0 Å². The van der Waals surface area contributed by atoms with Crippen LogP contribution in [0.1, 0.15) is 39.8 Å². The van der Waals surface area contributed by atoms with E-state index in [-0.39, 0.29) is 11.9 Å². The Balaban J connectivity index is 1.77. The molecule has 1 unspecified atom stereocenters. The lowest BCUT2D eigenvalue weighted by molar-refractivity contribution is 0.0930. The lowest BCUT2D eigenvalue weighted by atomic mass is 10.1. The van der Waals surface area contributed by atoms with Crippen molar-refractivity contribution in [2.75, 3.05) is 26.7 Å². The monoisotopic (exact) mass is 346 g/mol. The van der Waals surface area contributed by atoms with Crippen LogP contribution in [0.2, 0.25) is 0 Å². The van der Waals surface area contributed by atoms with Gasteiger partial charge in [-0.1, -0.05) is 16.6 Å². The maximum absolute atomic E-state index is 12.6. The molecule has 1 N–H and O–H groups in total. The second-order valence-corrected chi connectivity index (χ2v) is 6.75. The molecule has 6 nitrogen and oxygen atoms in total. The normalized spacial score (nSPS) is 16.1. The fourth-order valence-corrected chi connectivity index (χ4v) is 3.52. The predicted molar refractivity (Wildman–Crippen MR) is 93.5 cm³/mol. The van der Waals surface area contributed by atoms with Gasteiger partial charge in [0.1, 0.15) is 10.6 Å². The van der Waals surface area contributed by atoms with Crippen LogP contribution < -0.4 is 10.1 Å². The van der Waals surface area contributed by atoms with Gasteiger partial charge in [-0.3, -0.25) is 4.79 Å². The zero-order valence-corrected chi connectivity index (χ0v) is 14.8. The summed E-state index contributed by atoms with van der Waals surface area (Å²) in [6.07, 6.45) is 2.45. The number of nitrogens with zero attached hydrogens (tertiary/aromatic N) is 3. The molecule has 24 heavy (non-hydrogen) atoms. The topological polar surface area (TPSA) is 67.3 Å². The van der Waals surface area contributed by atoms with Crippen molar-refractivity contribution in [3.63, 3.8) is 0 Å². The first kappa shape index (κ1) is 16.9. The lowest BCUT2D eigenvalue weighted by Crippen LogP contribution is -2.37. The number of hydrogen-bond donors (Lipinski definition) is 1. The number of nitrogens with one attached hydrogen (secondary N) is 1. The number of methoxy groups -OCH3 is 1. The fourth-order valence-electron chi connectivity index (χ4n) is 2.96. The van der Waals surface area contributed by atoms with Crippen molar-refractivity contribution < 1.29 is 9.53 Å². The van der Waals surface area contributed by atoms with Gasteiger partial charge in [-0.25, -0.2) is 0 Å². The minimum atomic E-state index is -0.109. The Hall–Kier alpha value is -1.99. The van der Waals surface area contributed by atoms with Gasteiger partial charge in [-0.2, -0.15) is 0 Å². The molecule has 128 valence electrons. The zero-order valence-electron chi connectivity index (χ0n) is 14.0. The summed E-state index contributed by atoms with van der Waals surface area (Å²) in [7, 11) is 1.65. The quantitative estimate of drug-likeness (QED) is 0.870. The molecule has 2 aromatic rings. The Bertz CT molecular complexity index is 680. The highest BCUT2D eigenvalue weighted by Crippen LogP contribution is 2.22. The van der Waals surface area contributed by atoms with Crippen molar-refractivity contribution in [1.29, 1.82) is 0 Å². The van der Waals surface area contributed by atoms with Crippen LogP contribution in [-0.4, -0.2) is 47.1 Å². The van der Waals surface area contributed by atoms with E-state index in [4.69, 9.17) is 4.74 Å². The summed E-state index contributed by atoms with van der Waals surface area (Å²) >= 11 is 1.14. The van der Waals surface area contributed by atoms with Crippen LogP contribution >= 0.6 is 11.5 Å². The SMILES string of the molecule is COc1ccc(C(CN2CCCC2)NC(=O)c2snnc2C)cc1. The molecule has 1 aliphatic heterocycles. The molecule has 1 amide bonds. The van der Waals surface area contributed by atoms with Gasteiger partial charge in [0, 0.05) is 6.54 Å². The van der Waals surface area contributed by atoms with Crippen LogP contribution in [0, 0.1) is 6.92 Å². The van der Waals surface area contributed by atoms with Gasteiger partial charge in [0.15, 0.2) is 0 Å². The predicted octanol–water partition coefficient (Wildman–Crippen LogP) is 2.42. The van der Waals surface area contributed by atoms with E-state index in [0.29, 0.717) is 10.6 Å². The second kappa shape index (κ2) is 7.72. The molecule has 0 radical (unpaired) electrons. The van der Waals surface area contributed by atoms with Gasteiger partial charge in [0.2, 0.25) is 0 Å². The molecule has 1 saturated heterocycles. The summed E-state index contributed by atoms with van der Waals surface area (Å²) in [5.41, 5.74) is 1.75. The molecule has 0 spiro atoms. The van der Waals surface area contributed by atoms with Crippen LogP contribution in [0.3, 0.4) is 0 Å². The Morgan fingerprint density at radius 1 is 1.33 bits per heavy atom. The smallest absolute Gasteiger partial charge is 0.265 e. The van der Waals surface area contributed by atoms with Crippen molar-refractivity contribution in [3.05, 3.63) is 40.4 Å². The summed E-state index contributed by atoms with van der Waals surface area (Å²) in [6, 6.07) is 7.81. The van der Waals surface area contributed by atoms with E-state index in [1.54, 1.807) is 14.0 Å². The van der Waals surface area contributed by atoms with Gasteiger partial charge >= 0.3 is 0 Å². The number of hydrogen-bond acceptors (Lipinski definition) is 6. The number of benzene rings is 1. The average molecular weight is 346 g/mol. The van der Waals surface area contributed by atoms with Gasteiger partial charge in [0.25, 0.3) is 5.91 Å². The molecule has 3 rings (SSSR count). The van der Waals surface area contributed by atoms with Crippen LogP contribution in [0.15, 0.2) is 24.3 Å². The molecular formula is C17H22N4O2S. The maximum atomic E-state index is 12.6. The number of aromatic nitrogens is 2. The van der Waals surface area contributed by atoms with Gasteiger partial charge in [-0.05, 0) is 62.1 Å². The maximum Gasteiger partial charge on any atom is 0.265 e. The molecule has 7 heteroatoms. The van der Waals surface area contributed by atoms with E-state index >= 15 is 0 Å². The van der Waals surface area contributed by atoms with Gasteiger partial charge in [-0.15, -0.1) is 5.10 Å². The molecule has 2 heterocycles. The van der Waals surface area contributed by atoms with E-state index < -0.39 is 0 Å². The summed E-state index contributed by atoms with van der Waals surface area (Å²) < 4.78 is 9.08. The van der Waals surface area contributed by atoms with E-state index in [9.17, 15) is 4.79 Å². The number of carbonyl (C=O) groups excluding carboxylic acids is 1. The second-order valence-electron chi connectivity index (χ2n) is 5.99. The standard InChI is InChI=1S/C17H22N4O2S/c1-12-16(24-20-19-12)17(22)18-15(11-21-9-3-4-10-21)13-5-7-14(23-2)8-6-13/h5-8,15H,3-4,9-11H2,1-2H3,(H,18,22). The first-order chi connectivity index (χ1) is 11.7. The lowest BCUT2D eigenvalue weighted by Gasteiger charge is -2.25. The third kappa shape index (κ3) is 3.91. The molecule has 0 saturated carbocycles. The largest absolute Gasteiger partial charge is 0.497 e. The molecule has 1 fully saturated rings. The van der Waals surface area contributed by atoms with E-state index in [1.807, 2.05) is 24.3 Å². The highest BCUT2D eigenvalue weighted by molar-refractivity contribution is 7.08. The first-order valence-corrected chi connectivity index (χ1v) is 8.91. The third-order valence-electron chi connectivity index (χ3n) is 4.32. The minimum Gasteiger partial charge on any atom is -0.497 e. The highest BCUT2D eigenvalue weighted by Gasteiger charge is 2.23. The van der Waals surface area contributed by atoms with Crippen molar-refractivity contribution >= 4 is 17.4 Å². The van der Waals surface area contributed by atoms with Crippen molar-refractivity contribution in [2.45, 2.75) is 25.8 Å². The molecule has 1 aromatic heterocycles. The molecule has 1 aromatic carbocycles. The Morgan fingerprint density at radius 3 is 2.62 bits per heavy atom. The van der Waals surface area contributed by atoms with Crippen LogP contribution in [0.25, 0.3) is 0 Å². The number of likely N-dealkylation sites (tertiary alicyclic amines) is 1. The number of carbonyl (C=O) groups is 1. The summed E-state index contributed by atoms with van der Waals surface area (Å²) in [5.74, 6) is 0.704. The van der Waals surface area contributed by atoms with Crippen LogP contribution in [0.4, 0.5) is 0 Å². The minimum absolute atomic E-state index is 0.0667. The number of aryl methyl sites for hydroxylation is 1. The van der Waals surface area contributed by atoms with Crippen LogP contribution in [-0.2, 0) is 0 Å². The molecule has 1 aliphatic rings. The summed E-state index contributed by atoms with van der Waals surface area (Å²) in [6.45, 7) is 4.79. The Labute approximate surface area is 146 Å².